The van der Waals surface area contributed by atoms with Crippen molar-refractivity contribution in [3.8, 4) is 11.5 Å². The molecule has 0 aliphatic carbocycles. The van der Waals surface area contributed by atoms with Crippen LogP contribution in [0.1, 0.15) is 53.1 Å². The van der Waals surface area contributed by atoms with E-state index in [0.29, 0.717) is 42.6 Å². The highest BCUT2D eigenvalue weighted by Crippen LogP contribution is 2.37. The van der Waals surface area contributed by atoms with E-state index in [2.05, 4.69) is 9.88 Å². The van der Waals surface area contributed by atoms with Crippen LogP contribution in [-0.4, -0.2) is 38.6 Å². The van der Waals surface area contributed by atoms with E-state index in [-0.39, 0.29) is 30.3 Å². The number of pyridine rings is 2. The van der Waals surface area contributed by atoms with Crippen molar-refractivity contribution in [1.29, 1.82) is 0 Å². The molecule has 3 atom stereocenters. The van der Waals surface area contributed by atoms with Gasteiger partial charge in [0.15, 0.2) is 5.76 Å². The van der Waals surface area contributed by atoms with Crippen molar-refractivity contribution >= 4 is 5.91 Å². The van der Waals surface area contributed by atoms with Gasteiger partial charge in [-0.15, -0.1) is 0 Å². The zero-order valence-electron chi connectivity index (χ0n) is 23.0. The fourth-order valence-electron chi connectivity index (χ4n) is 6.24. The summed E-state index contributed by atoms with van der Waals surface area (Å²) >= 11 is 0. The Balaban J connectivity index is 1.26. The largest absolute Gasteiger partial charge is 0.502 e. The van der Waals surface area contributed by atoms with Crippen molar-refractivity contribution in [2.24, 2.45) is 11.7 Å². The SMILES string of the molecule is NC(=O)C[C@@H](c1cccc(OCc2ccccn2)c1)c1oc(CN2C[C@H]3C[C@@H](C2)c2cccc(=O)n2C3)cc(=O)c1O. The Morgan fingerprint density at radius 1 is 1.07 bits per heavy atom. The summed E-state index contributed by atoms with van der Waals surface area (Å²) in [5.41, 5.74) is 7.44. The Morgan fingerprint density at radius 3 is 2.74 bits per heavy atom. The topological polar surface area (TPSA) is 141 Å². The summed E-state index contributed by atoms with van der Waals surface area (Å²) in [4.78, 5) is 43.9. The van der Waals surface area contributed by atoms with Gasteiger partial charge in [-0.1, -0.05) is 24.3 Å². The molecule has 2 aliphatic heterocycles. The lowest BCUT2D eigenvalue weighted by molar-refractivity contribution is -0.118. The Kier molecular flexibility index (Phi) is 7.62. The number of hydrogen-bond acceptors (Lipinski definition) is 8. The lowest BCUT2D eigenvalue weighted by Crippen LogP contribution is -2.46. The monoisotopic (exact) mass is 568 g/mol. The Hall–Kier alpha value is -4.70. The van der Waals surface area contributed by atoms with Crippen LogP contribution >= 0.6 is 0 Å². The number of likely N-dealkylation sites (tertiary alicyclic amines) is 1. The van der Waals surface area contributed by atoms with E-state index < -0.39 is 23.0 Å². The van der Waals surface area contributed by atoms with Gasteiger partial charge in [-0.05, 0) is 48.2 Å². The molecule has 1 amide bonds. The number of ether oxygens (including phenoxy) is 1. The average Bonchev–Trinajstić information content (AvgIpc) is 2.98. The summed E-state index contributed by atoms with van der Waals surface area (Å²) in [6, 6.07) is 19.3. The van der Waals surface area contributed by atoms with E-state index in [1.54, 1.807) is 42.6 Å². The minimum atomic E-state index is -0.798. The van der Waals surface area contributed by atoms with Gasteiger partial charge in [-0.2, -0.15) is 0 Å². The first-order valence-electron chi connectivity index (χ1n) is 14.0. The van der Waals surface area contributed by atoms with Gasteiger partial charge in [-0.3, -0.25) is 24.3 Å². The highest BCUT2D eigenvalue weighted by Gasteiger charge is 2.35. The van der Waals surface area contributed by atoms with Crippen molar-refractivity contribution < 1.29 is 19.1 Å². The van der Waals surface area contributed by atoms with Crippen LogP contribution in [0.2, 0.25) is 0 Å². The zero-order chi connectivity index (χ0) is 29.2. The maximum atomic E-state index is 12.9. The summed E-state index contributed by atoms with van der Waals surface area (Å²) in [5.74, 6) is -0.540. The molecule has 4 aromatic rings. The number of aromatic nitrogens is 2. The number of benzene rings is 1. The lowest BCUT2D eigenvalue weighted by Gasteiger charge is -2.42. The van der Waals surface area contributed by atoms with Crippen LogP contribution in [0.15, 0.2) is 86.9 Å². The lowest BCUT2D eigenvalue weighted by atomic mass is 9.83. The van der Waals surface area contributed by atoms with Crippen molar-refractivity contribution in [3.05, 3.63) is 122 Å². The number of fused-ring (bicyclic) bond motifs is 4. The number of carbonyl (C=O) groups excluding carboxylic acids is 1. The van der Waals surface area contributed by atoms with E-state index in [1.807, 2.05) is 28.8 Å². The average molecular weight is 569 g/mol. The van der Waals surface area contributed by atoms with Crippen molar-refractivity contribution in [2.75, 3.05) is 13.1 Å². The predicted molar refractivity (Wildman–Crippen MR) is 154 cm³/mol. The fourth-order valence-corrected chi connectivity index (χ4v) is 6.24. The minimum absolute atomic E-state index is 0.00715. The van der Waals surface area contributed by atoms with Gasteiger partial charge in [0, 0.05) is 56.0 Å². The molecular weight excluding hydrogens is 536 g/mol. The predicted octanol–water partition coefficient (Wildman–Crippen LogP) is 3.11. The van der Waals surface area contributed by atoms with Crippen molar-refractivity contribution in [3.63, 3.8) is 0 Å². The van der Waals surface area contributed by atoms with Crippen LogP contribution in [-0.2, 0) is 24.5 Å². The second-order valence-corrected chi connectivity index (χ2v) is 11.1. The van der Waals surface area contributed by atoms with Gasteiger partial charge >= 0.3 is 0 Å². The molecule has 0 radical (unpaired) electrons. The maximum Gasteiger partial charge on any atom is 0.250 e. The van der Waals surface area contributed by atoms with E-state index in [1.165, 1.54) is 6.07 Å². The number of aromatic hydroxyl groups is 1. The molecule has 1 fully saturated rings. The third-order valence-electron chi connectivity index (χ3n) is 8.03. The van der Waals surface area contributed by atoms with Gasteiger partial charge in [0.2, 0.25) is 17.1 Å². The molecule has 6 rings (SSSR count). The summed E-state index contributed by atoms with van der Waals surface area (Å²) in [7, 11) is 0. The molecule has 216 valence electrons. The van der Waals surface area contributed by atoms with Crippen LogP contribution in [0.25, 0.3) is 0 Å². The summed E-state index contributed by atoms with van der Waals surface area (Å²) in [5, 5.41) is 10.8. The standard InChI is InChI=1S/C32H32N4O6/c33-29(38)14-26(21-5-3-7-24(12-21)41-19-23-6-1-2-10-34-23)32-31(40)28(37)13-25(42-32)18-35-15-20-11-22(17-35)27-8-4-9-30(39)36(27)16-20/h1-10,12-13,20,22,26,40H,11,14-19H2,(H2,33,38)/t20-,22+,26+/m1/s1. The molecule has 0 unspecified atom stereocenters. The highest BCUT2D eigenvalue weighted by atomic mass is 16.5. The van der Waals surface area contributed by atoms with Gasteiger partial charge in [0.05, 0.1) is 18.2 Å². The number of nitrogens with zero attached hydrogens (tertiary/aromatic N) is 3. The van der Waals surface area contributed by atoms with Gasteiger partial charge in [0.1, 0.15) is 18.1 Å². The Labute approximate surface area is 242 Å². The molecule has 2 bridgehead atoms. The van der Waals surface area contributed by atoms with Gasteiger partial charge < -0.3 is 24.6 Å². The number of primary amides is 1. The zero-order valence-corrected chi connectivity index (χ0v) is 23.0. The second kappa shape index (κ2) is 11.7. The normalized spacial score (nSPS) is 18.7. The molecular formula is C32H32N4O6. The van der Waals surface area contributed by atoms with E-state index in [4.69, 9.17) is 14.9 Å². The third-order valence-corrected chi connectivity index (χ3v) is 8.03. The van der Waals surface area contributed by atoms with Crippen LogP contribution in [0.5, 0.6) is 11.5 Å². The smallest absolute Gasteiger partial charge is 0.250 e. The first-order valence-corrected chi connectivity index (χ1v) is 14.0. The summed E-state index contributed by atoms with van der Waals surface area (Å²) < 4.78 is 14.0. The molecule has 10 nitrogen and oxygen atoms in total. The molecule has 3 N–H and O–H groups in total. The number of piperidine rings is 1. The van der Waals surface area contributed by atoms with Crippen molar-refractivity contribution in [1.82, 2.24) is 14.5 Å². The van der Waals surface area contributed by atoms with Crippen LogP contribution in [0, 0.1) is 5.92 Å². The number of hydrogen-bond donors (Lipinski definition) is 2. The molecule has 3 aromatic heterocycles. The Morgan fingerprint density at radius 2 is 1.93 bits per heavy atom. The number of amides is 1. The molecule has 0 saturated carbocycles. The summed E-state index contributed by atoms with van der Waals surface area (Å²) in [6.45, 7) is 2.71. The van der Waals surface area contributed by atoms with Crippen molar-refractivity contribution in [2.45, 2.75) is 44.4 Å². The molecule has 0 spiro atoms. The molecule has 42 heavy (non-hydrogen) atoms. The third kappa shape index (κ3) is 5.84. The first kappa shape index (κ1) is 27.5. The Bertz CT molecular complexity index is 1720. The number of carbonyl (C=O) groups is 1. The molecule has 5 heterocycles. The van der Waals surface area contributed by atoms with Crippen LogP contribution in [0.4, 0.5) is 0 Å². The van der Waals surface area contributed by atoms with E-state index in [9.17, 15) is 19.5 Å². The first-order chi connectivity index (χ1) is 20.3. The van der Waals surface area contributed by atoms with Crippen LogP contribution < -0.4 is 21.5 Å². The fraction of sp³-hybridized carbons (Fsp3) is 0.312. The molecule has 1 saturated heterocycles. The summed E-state index contributed by atoms with van der Waals surface area (Å²) in [6.07, 6.45) is 2.51. The van der Waals surface area contributed by atoms with E-state index >= 15 is 0 Å². The number of rotatable bonds is 9. The maximum absolute atomic E-state index is 12.9. The quantitative estimate of drug-likeness (QED) is 0.314. The molecule has 1 aromatic carbocycles. The minimum Gasteiger partial charge on any atom is -0.502 e. The second-order valence-electron chi connectivity index (χ2n) is 11.1. The molecule has 2 aliphatic rings. The number of nitrogens with two attached hydrogens (primary N) is 1. The van der Waals surface area contributed by atoms with Gasteiger partial charge in [-0.25, -0.2) is 0 Å². The van der Waals surface area contributed by atoms with E-state index in [0.717, 1.165) is 24.4 Å². The van der Waals surface area contributed by atoms with Crippen LogP contribution in [0.3, 0.4) is 0 Å². The molecule has 10 heteroatoms. The van der Waals surface area contributed by atoms with Gasteiger partial charge in [0.25, 0.3) is 5.56 Å². The highest BCUT2D eigenvalue weighted by molar-refractivity contribution is 5.75.